The van der Waals surface area contributed by atoms with Crippen LogP contribution in [-0.2, 0) is 6.42 Å². The molecule has 0 aliphatic heterocycles. The standard InChI is InChI=1S/C14H20N4/c1-2-14-13(16-10-6-9-15)11-17-18(14)12-7-4-3-5-8-12/h3-5,7-8,11,16H,2,6,9-10,15H2,1H3. The van der Waals surface area contributed by atoms with Crippen molar-refractivity contribution < 1.29 is 0 Å². The minimum absolute atomic E-state index is 0.710. The number of para-hydroxylation sites is 1. The Morgan fingerprint density at radius 2 is 2.06 bits per heavy atom. The first-order valence-corrected chi connectivity index (χ1v) is 6.43. The number of hydrogen-bond acceptors (Lipinski definition) is 3. The minimum atomic E-state index is 0.710. The lowest BCUT2D eigenvalue weighted by molar-refractivity contribution is 0.812. The van der Waals surface area contributed by atoms with Crippen molar-refractivity contribution >= 4 is 5.69 Å². The molecule has 4 heteroatoms. The van der Waals surface area contributed by atoms with Crippen molar-refractivity contribution in [3.8, 4) is 5.69 Å². The highest BCUT2D eigenvalue weighted by Gasteiger charge is 2.09. The fraction of sp³-hybridized carbons (Fsp3) is 0.357. The largest absolute Gasteiger partial charge is 0.382 e. The normalized spacial score (nSPS) is 10.6. The van der Waals surface area contributed by atoms with Gasteiger partial charge in [0.2, 0.25) is 0 Å². The van der Waals surface area contributed by atoms with Crippen LogP contribution in [0.3, 0.4) is 0 Å². The maximum absolute atomic E-state index is 5.50. The summed E-state index contributed by atoms with van der Waals surface area (Å²) in [4.78, 5) is 0. The molecular weight excluding hydrogens is 224 g/mol. The predicted molar refractivity (Wildman–Crippen MR) is 75.1 cm³/mol. The van der Waals surface area contributed by atoms with Crippen molar-refractivity contribution in [2.45, 2.75) is 19.8 Å². The number of nitrogens with zero attached hydrogens (tertiary/aromatic N) is 2. The Morgan fingerprint density at radius 3 is 2.72 bits per heavy atom. The Balaban J connectivity index is 2.22. The zero-order valence-corrected chi connectivity index (χ0v) is 10.8. The van der Waals surface area contributed by atoms with E-state index in [0.717, 1.165) is 30.8 Å². The molecule has 0 radical (unpaired) electrons. The number of anilines is 1. The van der Waals surface area contributed by atoms with Crippen LogP contribution in [0.15, 0.2) is 36.5 Å². The third kappa shape index (κ3) is 2.71. The second-order valence-corrected chi connectivity index (χ2v) is 4.17. The molecule has 0 aliphatic carbocycles. The monoisotopic (exact) mass is 244 g/mol. The molecule has 3 N–H and O–H groups in total. The van der Waals surface area contributed by atoms with E-state index in [4.69, 9.17) is 5.73 Å². The zero-order chi connectivity index (χ0) is 12.8. The maximum atomic E-state index is 5.50. The quantitative estimate of drug-likeness (QED) is 0.766. The van der Waals surface area contributed by atoms with Gasteiger partial charge in [0, 0.05) is 6.54 Å². The summed E-state index contributed by atoms with van der Waals surface area (Å²) in [6, 6.07) is 10.2. The van der Waals surface area contributed by atoms with E-state index < -0.39 is 0 Å². The fourth-order valence-corrected chi connectivity index (χ4v) is 1.98. The molecule has 0 amide bonds. The van der Waals surface area contributed by atoms with E-state index in [0.29, 0.717) is 6.54 Å². The van der Waals surface area contributed by atoms with Crippen molar-refractivity contribution in [2.24, 2.45) is 5.73 Å². The fourth-order valence-electron chi connectivity index (χ4n) is 1.98. The van der Waals surface area contributed by atoms with E-state index in [9.17, 15) is 0 Å². The lowest BCUT2D eigenvalue weighted by atomic mass is 10.2. The lowest BCUT2D eigenvalue weighted by Crippen LogP contribution is -2.09. The van der Waals surface area contributed by atoms with Gasteiger partial charge in [0.15, 0.2) is 0 Å². The Labute approximate surface area is 108 Å². The molecule has 0 saturated heterocycles. The molecule has 1 heterocycles. The van der Waals surface area contributed by atoms with Crippen molar-refractivity contribution in [1.29, 1.82) is 0 Å². The SMILES string of the molecule is CCc1c(NCCCN)cnn1-c1ccccc1. The zero-order valence-electron chi connectivity index (χ0n) is 10.8. The van der Waals surface area contributed by atoms with Gasteiger partial charge in [-0.1, -0.05) is 25.1 Å². The van der Waals surface area contributed by atoms with E-state index in [1.165, 1.54) is 5.69 Å². The number of nitrogens with one attached hydrogen (secondary N) is 1. The van der Waals surface area contributed by atoms with Crippen molar-refractivity contribution in [3.05, 3.63) is 42.2 Å². The Hall–Kier alpha value is -1.81. The van der Waals surface area contributed by atoms with E-state index >= 15 is 0 Å². The average Bonchev–Trinajstić information content (AvgIpc) is 2.83. The van der Waals surface area contributed by atoms with Crippen LogP contribution in [-0.4, -0.2) is 22.9 Å². The topological polar surface area (TPSA) is 55.9 Å². The molecule has 0 unspecified atom stereocenters. The molecule has 1 aromatic heterocycles. The summed E-state index contributed by atoms with van der Waals surface area (Å²) in [5, 5.41) is 7.85. The van der Waals surface area contributed by atoms with Gasteiger partial charge in [-0.3, -0.25) is 0 Å². The van der Waals surface area contributed by atoms with Gasteiger partial charge >= 0.3 is 0 Å². The number of nitrogens with two attached hydrogens (primary N) is 1. The molecule has 2 rings (SSSR count). The van der Waals surface area contributed by atoms with Crippen LogP contribution in [0.1, 0.15) is 19.0 Å². The summed E-state index contributed by atoms with van der Waals surface area (Å²) in [6.45, 7) is 3.75. The summed E-state index contributed by atoms with van der Waals surface area (Å²) in [6.07, 6.45) is 3.81. The van der Waals surface area contributed by atoms with Crippen molar-refractivity contribution in [2.75, 3.05) is 18.4 Å². The van der Waals surface area contributed by atoms with Gasteiger partial charge < -0.3 is 11.1 Å². The molecule has 2 aromatic rings. The van der Waals surface area contributed by atoms with Gasteiger partial charge in [-0.2, -0.15) is 5.10 Å². The van der Waals surface area contributed by atoms with Crippen molar-refractivity contribution in [1.82, 2.24) is 9.78 Å². The number of hydrogen-bond donors (Lipinski definition) is 2. The highest BCUT2D eigenvalue weighted by Crippen LogP contribution is 2.19. The van der Waals surface area contributed by atoms with Gasteiger partial charge in [-0.05, 0) is 31.5 Å². The molecule has 0 bridgehead atoms. The second kappa shape index (κ2) is 6.21. The molecule has 0 saturated carbocycles. The van der Waals surface area contributed by atoms with Crippen LogP contribution >= 0.6 is 0 Å². The molecule has 96 valence electrons. The number of rotatable bonds is 6. The van der Waals surface area contributed by atoms with Crippen LogP contribution in [0.5, 0.6) is 0 Å². The molecule has 0 spiro atoms. The summed E-state index contributed by atoms with van der Waals surface area (Å²) in [5.74, 6) is 0. The summed E-state index contributed by atoms with van der Waals surface area (Å²) in [7, 11) is 0. The Morgan fingerprint density at radius 1 is 1.28 bits per heavy atom. The highest BCUT2D eigenvalue weighted by atomic mass is 15.3. The van der Waals surface area contributed by atoms with Gasteiger partial charge in [0.25, 0.3) is 0 Å². The predicted octanol–water partition coefficient (Wildman–Crippen LogP) is 2.20. The first-order valence-electron chi connectivity index (χ1n) is 6.43. The van der Waals surface area contributed by atoms with E-state index in [-0.39, 0.29) is 0 Å². The lowest BCUT2D eigenvalue weighted by Gasteiger charge is -2.09. The second-order valence-electron chi connectivity index (χ2n) is 4.17. The van der Waals surface area contributed by atoms with E-state index in [2.05, 4.69) is 29.5 Å². The minimum Gasteiger partial charge on any atom is -0.382 e. The average molecular weight is 244 g/mol. The Bertz CT molecular complexity index is 476. The van der Waals surface area contributed by atoms with Crippen LogP contribution in [0.25, 0.3) is 5.69 Å². The summed E-state index contributed by atoms with van der Waals surface area (Å²) < 4.78 is 1.99. The molecule has 0 atom stereocenters. The molecule has 1 aromatic carbocycles. The molecule has 4 nitrogen and oxygen atoms in total. The van der Waals surface area contributed by atoms with Gasteiger partial charge in [-0.25, -0.2) is 4.68 Å². The molecule has 0 aliphatic rings. The van der Waals surface area contributed by atoms with E-state index in [1.54, 1.807) is 0 Å². The molecule has 0 fully saturated rings. The smallest absolute Gasteiger partial charge is 0.0763 e. The van der Waals surface area contributed by atoms with E-state index in [1.807, 2.05) is 29.1 Å². The first kappa shape index (κ1) is 12.6. The molecule has 18 heavy (non-hydrogen) atoms. The third-order valence-electron chi connectivity index (χ3n) is 2.90. The summed E-state index contributed by atoms with van der Waals surface area (Å²) >= 11 is 0. The number of aromatic nitrogens is 2. The molecular formula is C14H20N4. The van der Waals surface area contributed by atoms with Crippen LogP contribution in [0.2, 0.25) is 0 Å². The summed E-state index contributed by atoms with van der Waals surface area (Å²) in [5.41, 5.74) is 8.91. The van der Waals surface area contributed by atoms with Crippen LogP contribution < -0.4 is 11.1 Å². The highest BCUT2D eigenvalue weighted by molar-refractivity contribution is 5.50. The Kier molecular flexibility index (Phi) is 4.36. The van der Waals surface area contributed by atoms with Gasteiger partial charge in [0.05, 0.1) is 23.3 Å². The van der Waals surface area contributed by atoms with Crippen LogP contribution in [0, 0.1) is 0 Å². The number of benzene rings is 1. The van der Waals surface area contributed by atoms with Crippen molar-refractivity contribution in [3.63, 3.8) is 0 Å². The van der Waals surface area contributed by atoms with Gasteiger partial charge in [0.1, 0.15) is 0 Å². The first-order chi connectivity index (χ1) is 8.86. The van der Waals surface area contributed by atoms with Gasteiger partial charge in [-0.15, -0.1) is 0 Å². The third-order valence-corrected chi connectivity index (χ3v) is 2.90. The van der Waals surface area contributed by atoms with Crippen LogP contribution in [0.4, 0.5) is 5.69 Å². The maximum Gasteiger partial charge on any atom is 0.0763 e.